The number of hydrogen-bond acceptors (Lipinski definition) is 7. The van der Waals surface area contributed by atoms with Crippen molar-refractivity contribution in [2.45, 2.75) is 0 Å². The van der Waals surface area contributed by atoms with E-state index in [1.54, 1.807) is 10.8 Å². The molecule has 0 radical (unpaired) electrons. The fourth-order valence-corrected chi connectivity index (χ4v) is 4.63. The fraction of sp³-hybridized carbons (Fsp3) is 0.240. The molecule has 0 spiro atoms. The van der Waals surface area contributed by atoms with Gasteiger partial charge in [0.05, 0.1) is 16.8 Å². The highest BCUT2D eigenvalue weighted by molar-refractivity contribution is 6.10. The van der Waals surface area contributed by atoms with Crippen LogP contribution in [0.5, 0.6) is 0 Å². The first-order valence-electron chi connectivity index (χ1n) is 11.2. The molecule has 2 aliphatic heterocycles. The molecule has 6 rings (SSSR count). The zero-order valence-electron chi connectivity index (χ0n) is 18.7. The number of carbonyl (C=O) groups excluding carboxylic acids is 1. The van der Waals surface area contributed by atoms with Crippen LogP contribution in [0.25, 0.3) is 11.0 Å². The molecule has 2 aliphatic rings. The number of benzene rings is 2. The minimum absolute atomic E-state index is 0.0741. The van der Waals surface area contributed by atoms with E-state index in [0.717, 1.165) is 48.6 Å². The van der Waals surface area contributed by atoms with Crippen molar-refractivity contribution in [1.29, 1.82) is 0 Å². The predicted molar refractivity (Wildman–Crippen MR) is 131 cm³/mol. The number of likely N-dealkylation sites (N-methyl/N-ethyl adjacent to an activating group) is 1. The van der Waals surface area contributed by atoms with Gasteiger partial charge in [-0.3, -0.25) is 9.36 Å². The number of para-hydroxylation sites is 1. The highest BCUT2D eigenvalue weighted by Gasteiger charge is 2.27. The Morgan fingerprint density at radius 2 is 1.64 bits per heavy atom. The van der Waals surface area contributed by atoms with Gasteiger partial charge in [0.15, 0.2) is 5.82 Å². The second kappa shape index (κ2) is 7.60. The number of anilines is 5. The van der Waals surface area contributed by atoms with Crippen molar-refractivity contribution >= 4 is 45.8 Å². The molecule has 1 fully saturated rings. The zero-order chi connectivity index (χ0) is 22.5. The van der Waals surface area contributed by atoms with Gasteiger partial charge in [0, 0.05) is 50.8 Å². The summed E-state index contributed by atoms with van der Waals surface area (Å²) in [6.07, 6.45) is 1.77. The summed E-state index contributed by atoms with van der Waals surface area (Å²) >= 11 is 0. The second-order valence-corrected chi connectivity index (χ2v) is 8.63. The normalized spacial score (nSPS) is 16.1. The molecule has 1 saturated heterocycles. The Balaban J connectivity index is 1.33. The Kier molecular flexibility index (Phi) is 4.55. The maximum Gasteiger partial charge on any atom is 0.264 e. The van der Waals surface area contributed by atoms with Gasteiger partial charge in [-0.1, -0.05) is 12.1 Å². The van der Waals surface area contributed by atoms with Gasteiger partial charge in [-0.05, 0) is 49.5 Å². The standard InChI is InChI=1S/C25H25N7O/c1-29-13-15-31(16-14-29)18-9-7-17(8-10-18)26-25-27-20-11-12-32-22(20)23(28-25)30(2)21-6-4-3-5-19(21)24(32)33/h3-12H,13-16H2,1-2H3,(H,26,27,28). The van der Waals surface area contributed by atoms with Gasteiger partial charge >= 0.3 is 0 Å². The Morgan fingerprint density at radius 3 is 2.42 bits per heavy atom. The van der Waals surface area contributed by atoms with E-state index < -0.39 is 0 Å². The van der Waals surface area contributed by atoms with Gasteiger partial charge in [0.25, 0.3) is 5.91 Å². The molecule has 4 aromatic rings. The lowest BCUT2D eigenvalue weighted by molar-refractivity contribution is 0.0966. The van der Waals surface area contributed by atoms with Gasteiger partial charge in [-0.25, -0.2) is 4.98 Å². The summed E-state index contributed by atoms with van der Waals surface area (Å²) < 4.78 is 1.64. The molecule has 2 aromatic carbocycles. The Hall–Kier alpha value is -3.91. The summed E-state index contributed by atoms with van der Waals surface area (Å²) in [4.78, 5) is 29.4. The van der Waals surface area contributed by atoms with Gasteiger partial charge in [-0.2, -0.15) is 4.98 Å². The maximum atomic E-state index is 13.1. The number of carbonyl (C=O) groups is 1. The highest BCUT2D eigenvalue weighted by Crippen LogP contribution is 2.36. The average Bonchev–Trinajstić information content (AvgIpc) is 3.24. The number of hydrogen-bond donors (Lipinski definition) is 1. The van der Waals surface area contributed by atoms with Crippen molar-refractivity contribution in [2.75, 3.05) is 55.4 Å². The molecule has 8 heteroatoms. The molecule has 1 N–H and O–H groups in total. The molecule has 0 unspecified atom stereocenters. The summed E-state index contributed by atoms with van der Waals surface area (Å²) in [5.74, 6) is 1.12. The largest absolute Gasteiger partial charge is 0.369 e. The minimum atomic E-state index is -0.0741. The van der Waals surface area contributed by atoms with Crippen LogP contribution in [-0.4, -0.2) is 65.6 Å². The molecule has 0 amide bonds. The molecule has 2 aromatic heterocycles. The first-order chi connectivity index (χ1) is 16.1. The number of piperazine rings is 1. The van der Waals surface area contributed by atoms with E-state index in [-0.39, 0.29) is 5.91 Å². The van der Waals surface area contributed by atoms with Crippen LogP contribution in [-0.2, 0) is 0 Å². The van der Waals surface area contributed by atoms with Crippen molar-refractivity contribution in [3.63, 3.8) is 0 Å². The molecule has 0 aliphatic carbocycles. The maximum absolute atomic E-state index is 13.1. The molecule has 166 valence electrons. The van der Waals surface area contributed by atoms with Crippen molar-refractivity contribution in [3.8, 4) is 0 Å². The fourth-order valence-electron chi connectivity index (χ4n) is 4.63. The molecule has 0 atom stereocenters. The summed E-state index contributed by atoms with van der Waals surface area (Å²) in [5.41, 5.74) is 5.06. The molecule has 0 bridgehead atoms. The van der Waals surface area contributed by atoms with E-state index in [0.29, 0.717) is 17.3 Å². The van der Waals surface area contributed by atoms with E-state index in [1.807, 2.05) is 42.3 Å². The molecular weight excluding hydrogens is 414 g/mol. The Bertz CT molecular complexity index is 1350. The third-order valence-electron chi connectivity index (χ3n) is 6.54. The van der Waals surface area contributed by atoms with E-state index in [4.69, 9.17) is 4.98 Å². The number of fused-ring (bicyclic) bond motifs is 1. The topological polar surface area (TPSA) is 69.5 Å². The van der Waals surface area contributed by atoms with Crippen LogP contribution in [0.2, 0.25) is 0 Å². The van der Waals surface area contributed by atoms with Crippen LogP contribution in [0.4, 0.5) is 28.8 Å². The Morgan fingerprint density at radius 1 is 0.879 bits per heavy atom. The number of nitrogens with one attached hydrogen (secondary N) is 1. The summed E-state index contributed by atoms with van der Waals surface area (Å²) in [6, 6.07) is 17.9. The van der Waals surface area contributed by atoms with E-state index in [9.17, 15) is 4.79 Å². The van der Waals surface area contributed by atoms with Gasteiger partial charge < -0.3 is 20.0 Å². The SMILES string of the molecule is CN1CCN(c2ccc(Nc3nc4c5c(ccn5C(=O)c5ccccc5N4C)n3)cc2)CC1. The van der Waals surface area contributed by atoms with E-state index >= 15 is 0 Å². The lowest BCUT2D eigenvalue weighted by Crippen LogP contribution is -2.44. The van der Waals surface area contributed by atoms with Gasteiger partial charge in [0.1, 0.15) is 5.52 Å². The van der Waals surface area contributed by atoms with Gasteiger partial charge in [-0.15, -0.1) is 0 Å². The van der Waals surface area contributed by atoms with Crippen LogP contribution < -0.4 is 15.1 Å². The van der Waals surface area contributed by atoms with Crippen molar-refractivity contribution in [1.82, 2.24) is 19.4 Å². The lowest BCUT2D eigenvalue weighted by atomic mass is 10.1. The molecular formula is C25H25N7O. The van der Waals surface area contributed by atoms with E-state index in [1.165, 1.54) is 5.69 Å². The molecule has 8 nitrogen and oxygen atoms in total. The third-order valence-corrected chi connectivity index (χ3v) is 6.54. The molecule has 4 heterocycles. The first kappa shape index (κ1) is 19.8. The zero-order valence-corrected chi connectivity index (χ0v) is 18.7. The summed E-state index contributed by atoms with van der Waals surface area (Å²) in [5, 5.41) is 3.35. The minimum Gasteiger partial charge on any atom is -0.369 e. The third kappa shape index (κ3) is 3.30. The van der Waals surface area contributed by atoms with Crippen LogP contribution in [0, 0.1) is 0 Å². The first-order valence-corrected chi connectivity index (χ1v) is 11.2. The van der Waals surface area contributed by atoms with Crippen LogP contribution >= 0.6 is 0 Å². The molecule has 0 saturated carbocycles. The number of nitrogens with zero attached hydrogens (tertiary/aromatic N) is 6. The smallest absolute Gasteiger partial charge is 0.264 e. The average molecular weight is 440 g/mol. The molecule has 33 heavy (non-hydrogen) atoms. The predicted octanol–water partition coefficient (Wildman–Crippen LogP) is 3.70. The van der Waals surface area contributed by atoms with Crippen LogP contribution in [0.1, 0.15) is 10.4 Å². The second-order valence-electron chi connectivity index (χ2n) is 8.63. The van der Waals surface area contributed by atoms with Crippen LogP contribution in [0.15, 0.2) is 60.8 Å². The highest BCUT2D eigenvalue weighted by atomic mass is 16.2. The Labute approximate surface area is 192 Å². The quantitative estimate of drug-likeness (QED) is 0.522. The van der Waals surface area contributed by atoms with Crippen molar-refractivity contribution < 1.29 is 4.79 Å². The lowest BCUT2D eigenvalue weighted by Gasteiger charge is -2.34. The summed E-state index contributed by atoms with van der Waals surface area (Å²) in [7, 11) is 4.10. The van der Waals surface area contributed by atoms with Crippen LogP contribution in [0.3, 0.4) is 0 Å². The number of aromatic nitrogens is 3. The van der Waals surface area contributed by atoms with E-state index in [2.05, 4.69) is 51.4 Å². The number of rotatable bonds is 3. The van der Waals surface area contributed by atoms with Gasteiger partial charge in [0.2, 0.25) is 5.95 Å². The van der Waals surface area contributed by atoms with Crippen molar-refractivity contribution in [3.05, 3.63) is 66.4 Å². The monoisotopic (exact) mass is 439 g/mol. The summed E-state index contributed by atoms with van der Waals surface area (Å²) in [6.45, 7) is 4.23. The van der Waals surface area contributed by atoms with Crippen molar-refractivity contribution in [2.24, 2.45) is 0 Å².